The van der Waals surface area contributed by atoms with Crippen LogP contribution >= 0.6 is 0 Å². The van der Waals surface area contributed by atoms with Crippen LogP contribution in [0.2, 0.25) is 0 Å². The second kappa shape index (κ2) is 12.8. The highest BCUT2D eigenvalue weighted by molar-refractivity contribution is 6.24. The van der Waals surface area contributed by atoms with Crippen LogP contribution in [0.1, 0.15) is 11.1 Å². The molecule has 0 aliphatic carbocycles. The zero-order chi connectivity index (χ0) is 36.1. The van der Waals surface area contributed by atoms with Crippen LogP contribution in [0.25, 0.3) is 88.7 Å². The number of nitrogens with zero attached hydrogens (tertiary/aromatic N) is 3. The fourth-order valence-corrected chi connectivity index (χ4v) is 7.24. The second-order valence-corrected chi connectivity index (χ2v) is 13.2. The van der Waals surface area contributed by atoms with Crippen molar-refractivity contribution in [3.63, 3.8) is 0 Å². The number of benzene rings is 7. The summed E-state index contributed by atoms with van der Waals surface area (Å²) >= 11 is 0. The van der Waals surface area contributed by atoms with E-state index in [0.717, 1.165) is 71.9 Å². The quantitative estimate of drug-likeness (QED) is 0.168. The van der Waals surface area contributed by atoms with E-state index in [9.17, 15) is 13.2 Å². The number of alkyl halides is 3. The third-order valence-corrected chi connectivity index (χ3v) is 9.66. The van der Waals surface area contributed by atoms with Crippen molar-refractivity contribution in [1.29, 1.82) is 0 Å². The minimum Gasteiger partial charge on any atom is -0.247 e. The Hall–Kier alpha value is -6.66. The van der Waals surface area contributed by atoms with Crippen molar-refractivity contribution in [2.24, 2.45) is 0 Å². The van der Waals surface area contributed by atoms with Crippen molar-refractivity contribution in [3.8, 4) is 56.0 Å². The van der Waals surface area contributed by atoms with Gasteiger partial charge >= 0.3 is 6.18 Å². The number of hydrogen-bond donors (Lipinski definition) is 0. The Balaban J connectivity index is 1.40. The molecule has 0 saturated heterocycles. The average molecular weight is 694 g/mol. The third-order valence-electron chi connectivity index (χ3n) is 9.66. The highest BCUT2D eigenvalue weighted by atomic mass is 19.4. The summed E-state index contributed by atoms with van der Waals surface area (Å²) in [6.45, 7) is 1.69. The van der Waals surface area contributed by atoms with Crippen LogP contribution in [0.15, 0.2) is 164 Å². The van der Waals surface area contributed by atoms with Crippen LogP contribution in [0.3, 0.4) is 0 Å². The molecule has 53 heavy (non-hydrogen) atoms. The van der Waals surface area contributed by atoms with E-state index >= 15 is 0 Å². The first-order valence-electron chi connectivity index (χ1n) is 17.3. The molecule has 0 saturated carbocycles. The third kappa shape index (κ3) is 5.88. The van der Waals surface area contributed by atoms with Crippen molar-refractivity contribution in [3.05, 3.63) is 175 Å². The van der Waals surface area contributed by atoms with E-state index in [0.29, 0.717) is 22.4 Å². The van der Waals surface area contributed by atoms with Gasteiger partial charge < -0.3 is 0 Å². The number of fused-ring (bicyclic) bond motifs is 5. The Bertz CT molecular complexity index is 2820. The maximum absolute atomic E-state index is 13.9. The van der Waals surface area contributed by atoms with Crippen molar-refractivity contribution in [2.45, 2.75) is 13.1 Å². The number of pyridine rings is 1. The highest BCUT2D eigenvalue weighted by Crippen LogP contribution is 2.43. The second-order valence-electron chi connectivity index (χ2n) is 13.2. The largest absolute Gasteiger partial charge is 0.416 e. The van der Waals surface area contributed by atoms with E-state index in [4.69, 9.17) is 15.0 Å². The predicted octanol–water partition coefficient (Wildman–Crippen LogP) is 13.0. The summed E-state index contributed by atoms with van der Waals surface area (Å²) < 4.78 is 41.6. The van der Waals surface area contributed by atoms with Gasteiger partial charge in [0.15, 0.2) is 0 Å². The van der Waals surface area contributed by atoms with Crippen molar-refractivity contribution < 1.29 is 13.2 Å². The molecule has 0 atom stereocenters. The molecule has 7 aromatic carbocycles. The van der Waals surface area contributed by atoms with Crippen LogP contribution in [0.4, 0.5) is 13.2 Å². The van der Waals surface area contributed by atoms with Crippen molar-refractivity contribution in [1.82, 2.24) is 15.0 Å². The summed E-state index contributed by atoms with van der Waals surface area (Å²) in [6, 6.07) is 52.3. The fraction of sp³-hybridized carbons (Fsp3) is 0.0426. The molecule has 2 heterocycles. The summed E-state index contributed by atoms with van der Waals surface area (Å²) in [5.41, 5.74) is 10.1. The van der Waals surface area contributed by atoms with Crippen molar-refractivity contribution in [2.75, 3.05) is 0 Å². The Morgan fingerprint density at radius 1 is 0.415 bits per heavy atom. The highest BCUT2D eigenvalue weighted by Gasteiger charge is 2.31. The van der Waals surface area contributed by atoms with E-state index in [-0.39, 0.29) is 0 Å². The van der Waals surface area contributed by atoms with Gasteiger partial charge in [-0.2, -0.15) is 13.2 Å². The van der Waals surface area contributed by atoms with Gasteiger partial charge in [0.05, 0.1) is 39.2 Å². The monoisotopic (exact) mass is 693 g/mol. The molecule has 0 spiro atoms. The van der Waals surface area contributed by atoms with Gasteiger partial charge in [-0.15, -0.1) is 0 Å². The molecule has 6 heteroatoms. The maximum atomic E-state index is 13.9. The fourth-order valence-electron chi connectivity index (χ4n) is 7.24. The van der Waals surface area contributed by atoms with Gasteiger partial charge in [-0.05, 0) is 59.5 Å². The molecule has 0 fully saturated rings. The molecule has 9 rings (SSSR count). The minimum atomic E-state index is -4.45. The van der Waals surface area contributed by atoms with Crippen LogP contribution in [-0.4, -0.2) is 15.0 Å². The zero-order valence-electron chi connectivity index (χ0n) is 28.6. The van der Waals surface area contributed by atoms with Crippen LogP contribution < -0.4 is 0 Å². The number of aryl methyl sites for hydroxylation is 1. The van der Waals surface area contributed by atoms with Gasteiger partial charge in [0, 0.05) is 38.4 Å². The molecule has 9 aromatic rings. The molecule has 0 aliphatic rings. The van der Waals surface area contributed by atoms with Gasteiger partial charge in [0.2, 0.25) is 0 Å². The van der Waals surface area contributed by atoms with Crippen molar-refractivity contribution >= 4 is 32.7 Å². The molecule has 0 bridgehead atoms. The Kier molecular flexibility index (Phi) is 7.81. The molecule has 0 radical (unpaired) electrons. The first-order valence-corrected chi connectivity index (χ1v) is 17.3. The molecule has 0 N–H and O–H groups in total. The van der Waals surface area contributed by atoms with E-state index in [1.807, 2.05) is 97.1 Å². The first-order chi connectivity index (χ1) is 25.8. The van der Waals surface area contributed by atoms with E-state index in [1.54, 1.807) is 13.0 Å². The number of para-hydroxylation sites is 1. The SMILES string of the molecule is Cc1cc(-c2cccc(-c3nc4ccccc4c4c3cc(-c3ccccc3)c3nc(-c5ccccc5)c(-c5ccccc5)nc34)c2)cc(C(F)(F)F)c1. The van der Waals surface area contributed by atoms with Gasteiger partial charge in [-0.25, -0.2) is 15.0 Å². The van der Waals surface area contributed by atoms with Crippen LogP contribution in [0, 0.1) is 6.92 Å². The zero-order valence-corrected chi connectivity index (χ0v) is 28.6. The molecule has 0 amide bonds. The summed E-state index contributed by atoms with van der Waals surface area (Å²) in [4.78, 5) is 16.2. The predicted molar refractivity (Wildman–Crippen MR) is 209 cm³/mol. The normalized spacial score (nSPS) is 11.8. The van der Waals surface area contributed by atoms with Gasteiger partial charge in [0.25, 0.3) is 0 Å². The van der Waals surface area contributed by atoms with E-state index in [1.165, 1.54) is 12.1 Å². The van der Waals surface area contributed by atoms with Gasteiger partial charge in [-0.1, -0.05) is 133 Å². The number of aromatic nitrogens is 3. The van der Waals surface area contributed by atoms with E-state index < -0.39 is 11.7 Å². The lowest BCUT2D eigenvalue weighted by Gasteiger charge is -2.18. The smallest absolute Gasteiger partial charge is 0.247 e. The standard InChI is InChI=1S/C47H30F3N3/c1-29-24-35(27-36(25-29)47(48,49)50)33-20-13-21-34(26-33)42-39-28-38(30-14-5-2-6-15-30)45-46(41(39)37-22-11-12-23-40(37)51-42)53-44(32-18-9-4-10-19-32)43(52-45)31-16-7-3-8-17-31/h2-28H,1H3. The van der Waals surface area contributed by atoms with Gasteiger partial charge in [0.1, 0.15) is 0 Å². The van der Waals surface area contributed by atoms with Gasteiger partial charge in [-0.3, -0.25) is 0 Å². The summed E-state index contributed by atoms with van der Waals surface area (Å²) in [5, 5.41) is 2.71. The molecular weight excluding hydrogens is 664 g/mol. The molecule has 3 nitrogen and oxygen atoms in total. The van der Waals surface area contributed by atoms with Crippen LogP contribution in [0.5, 0.6) is 0 Å². The number of hydrogen-bond acceptors (Lipinski definition) is 3. The minimum absolute atomic E-state index is 0.492. The molecule has 2 aromatic heterocycles. The summed E-state index contributed by atoms with van der Waals surface area (Å²) in [6.07, 6.45) is -4.45. The topological polar surface area (TPSA) is 38.7 Å². The average Bonchev–Trinajstić information content (AvgIpc) is 3.20. The lowest BCUT2D eigenvalue weighted by molar-refractivity contribution is -0.137. The number of rotatable bonds is 5. The summed E-state index contributed by atoms with van der Waals surface area (Å²) in [7, 11) is 0. The molecule has 0 unspecified atom stereocenters. The van der Waals surface area contributed by atoms with E-state index in [2.05, 4.69) is 48.5 Å². The molecular formula is C47H30F3N3. The Morgan fingerprint density at radius 2 is 0.981 bits per heavy atom. The Labute approximate surface area is 304 Å². The summed E-state index contributed by atoms with van der Waals surface area (Å²) in [5.74, 6) is 0. The van der Waals surface area contributed by atoms with Crippen LogP contribution in [-0.2, 0) is 6.18 Å². The number of halogens is 3. The molecule has 0 aliphatic heterocycles. The lowest BCUT2D eigenvalue weighted by atomic mass is 9.92. The first kappa shape index (κ1) is 32.3. The Morgan fingerprint density at radius 3 is 1.64 bits per heavy atom. The molecule has 254 valence electrons. The maximum Gasteiger partial charge on any atom is 0.416 e. The lowest BCUT2D eigenvalue weighted by Crippen LogP contribution is -2.05.